The van der Waals surface area contributed by atoms with E-state index in [2.05, 4.69) is 10.3 Å². The maximum absolute atomic E-state index is 12.1. The first-order chi connectivity index (χ1) is 11.2. The van der Waals surface area contributed by atoms with Crippen LogP contribution < -0.4 is 11.1 Å². The summed E-state index contributed by atoms with van der Waals surface area (Å²) < 4.78 is 5.41. The second kappa shape index (κ2) is 7.34. The van der Waals surface area contributed by atoms with E-state index in [1.165, 1.54) is 0 Å². The van der Waals surface area contributed by atoms with Gasteiger partial charge in [0.2, 0.25) is 0 Å². The van der Waals surface area contributed by atoms with E-state index in [1.807, 2.05) is 52.0 Å². The average molecular weight is 327 g/mol. The zero-order valence-electron chi connectivity index (χ0n) is 14.7. The van der Waals surface area contributed by atoms with Crippen LogP contribution in [0.3, 0.4) is 0 Å². The summed E-state index contributed by atoms with van der Waals surface area (Å²) in [5, 5.41) is 3.18. The molecule has 1 aromatic carbocycles. The van der Waals surface area contributed by atoms with Crippen molar-refractivity contribution < 1.29 is 9.53 Å². The minimum Gasteiger partial charge on any atom is -0.460 e. The standard InChI is InChI=1S/C19H25N3O2/c1-13(18(23)24-19(2,3)4)12-14-7-9-15(10-8-14)22-17-16(20)6-5-11-21-17/h5-11,13H,12,20H2,1-4H3,(H,21,22)/t13-/m0/s1. The van der Waals surface area contributed by atoms with Gasteiger partial charge in [-0.25, -0.2) is 4.98 Å². The van der Waals surface area contributed by atoms with Crippen molar-refractivity contribution in [1.82, 2.24) is 4.98 Å². The van der Waals surface area contributed by atoms with Gasteiger partial charge in [0.1, 0.15) is 5.60 Å². The Morgan fingerprint density at radius 1 is 1.25 bits per heavy atom. The SMILES string of the molecule is C[C@@H](Cc1ccc(Nc2ncccc2N)cc1)C(=O)OC(C)(C)C. The van der Waals surface area contributed by atoms with E-state index < -0.39 is 5.60 Å². The molecule has 1 heterocycles. The lowest BCUT2D eigenvalue weighted by Gasteiger charge is -2.22. The molecule has 0 radical (unpaired) electrons. The van der Waals surface area contributed by atoms with Crippen LogP contribution in [0.2, 0.25) is 0 Å². The fourth-order valence-corrected chi connectivity index (χ4v) is 2.22. The number of carbonyl (C=O) groups is 1. The van der Waals surface area contributed by atoms with E-state index in [9.17, 15) is 4.79 Å². The molecule has 0 saturated carbocycles. The molecule has 0 aliphatic rings. The Labute approximate surface area is 143 Å². The van der Waals surface area contributed by atoms with Crippen LogP contribution in [-0.4, -0.2) is 16.6 Å². The van der Waals surface area contributed by atoms with Gasteiger partial charge in [-0.05, 0) is 57.0 Å². The number of benzene rings is 1. The molecular weight excluding hydrogens is 302 g/mol. The Kier molecular flexibility index (Phi) is 5.44. The summed E-state index contributed by atoms with van der Waals surface area (Å²) in [6.07, 6.45) is 2.33. The summed E-state index contributed by atoms with van der Waals surface area (Å²) >= 11 is 0. The molecule has 0 aliphatic heterocycles. The van der Waals surface area contributed by atoms with E-state index in [-0.39, 0.29) is 11.9 Å². The summed E-state index contributed by atoms with van der Waals surface area (Å²) in [4.78, 5) is 16.3. The third-order valence-electron chi connectivity index (χ3n) is 3.41. The molecule has 0 amide bonds. The number of nitrogens with two attached hydrogens (primary N) is 1. The van der Waals surface area contributed by atoms with E-state index in [0.29, 0.717) is 17.9 Å². The number of anilines is 3. The minimum absolute atomic E-state index is 0.175. The van der Waals surface area contributed by atoms with Gasteiger partial charge in [0.25, 0.3) is 0 Å². The second-order valence-corrected chi connectivity index (χ2v) is 6.90. The quantitative estimate of drug-likeness (QED) is 0.814. The molecule has 0 bridgehead atoms. The van der Waals surface area contributed by atoms with Crippen LogP contribution in [0.4, 0.5) is 17.2 Å². The number of hydrogen-bond acceptors (Lipinski definition) is 5. The van der Waals surface area contributed by atoms with Crippen LogP contribution >= 0.6 is 0 Å². The number of nitrogen functional groups attached to an aromatic ring is 1. The van der Waals surface area contributed by atoms with Gasteiger partial charge in [0.05, 0.1) is 11.6 Å². The van der Waals surface area contributed by atoms with Crippen molar-refractivity contribution in [2.75, 3.05) is 11.1 Å². The van der Waals surface area contributed by atoms with Gasteiger partial charge in [-0.2, -0.15) is 0 Å². The smallest absolute Gasteiger partial charge is 0.309 e. The lowest BCUT2D eigenvalue weighted by atomic mass is 10.0. The zero-order valence-corrected chi connectivity index (χ0v) is 14.7. The molecule has 5 nitrogen and oxygen atoms in total. The van der Waals surface area contributed by atoms with Crippen LogP contribution in [0, 0.1) is 5.92 Å². The van der Waals surface area contributed by atoms with Crippen molar-refractivity contribution in [3.05, 3.63) is 48.2 Å². The first-order valence-corrected chi connectivity index (χ1v) is 8.04. The Morgan fingerprint density at radius 3 is 2.50 bits per heavy atom. The molecular formula is C19H25N3O2. The molecule has 0 spiro atoms. The maximum Gasteiger partial charge on any atom is 0.309 e. The van der Waals surface area contributed by atoms with Crippen LogP contribution in [0.1, 0.15) is 33.3 Å². The highest BCUT2D eigenvalue weighted by molar-refractivity contribution is 5.73. The number of hydrogen-bond donors (Lipinski definition) is 2. The second-order valence-electron chi connectivity index (χ2n) is 6.90. The monoisotopic (exact) mass is 327 g/mol. The molecule has 3 N–H and O–H groups in total. The highest BCUT2D eigenvalue weighted by Crippen LogP contribution is 2.21. The molecule has 0 aliphatic carbocycles. The number of aromatic nitrogens is 1. The third kappa shape index (κ3) is 5.26. The van der Waals surface area contributed by atoms with Crippen molar-refractivity contribution >= 4 is 23.2 Å². The maximum atomic E-state index is 12.1. The largest absolute Gasteiger partial charge is 0.460 e. The van der Waals surface area contributed by atoms with Gasteiger partial charge in [-0.1, -0.05) is 19.1 Å². The van der Waals surface area contributed by atoms with Crippen LogP contribution in [0.5, 0.6) is 0 Å². The zero-order chi connectivity index (χ0) is 17.7. The molecule has 0 saturated heterocycles. The van der Waals surface area contributed by atoms with Gasteiger partial charge >= 0.3 is 5.97 Å². The summed E-state index contributed by atoms with van der Waals surface area (Å²) in [7, 11) is 0. The summed E-state index contributed by atoms with van der Waals surface area (Å²) in [6.45, 7) is 7.51. The van der Waals surface area contributed by atoms with Gasteiger partial charge < -0.3 is 15.8 Å². The normalized spacial score (nSPS) is 12.5. The highest BCUT2D eigenvalue weighted by Gasteiger charge is 2.21. The third-order valence-corrected chi connectivity index (χ3v) is 3.41. The van der Waals surface area contributed by atoms with Crippen molar-refractivity contribution in [3.8, 4) is 0 Å². The van der Waals surface area contributed by atoms with Crippen LogP contribution in [0.15, 0.2) is 42.6 Å². The van der Waals surface area contributed by atoms with Crippen molar-refractivity contribution in [2.45, 2.75) is 39.7 Å². The fourth-order valence-electron chi connectivity index (χ4n) is 2.22. The Morgan fingerprint density at radius 2 is 1.92 bits per heavy atom. The predicted octanol–water partition coefficient (Wildman–Crippen LogP) is 3.93. The van der Waals surface area contributed by atoms with Gasteiger partial charge in [-0.3, -0.25) is 4.79 Å². The Bertz CT molecular complexity index is 691. The molecule has 128 valence electrons. The van der Waals surface area contributed by atoms with Crippen molar-refractivity contribution in [3.63, 3.8) is 0 Å². The summed E-state index contributed by atoms with van der Waals surface area (Å²) in [5.41, 5.74) is 7.99. The van der Waals surface area contributed by atoms with Gasteiger partial charge in [0, 0.05) is 11.9 Å². The molecule has 5 heteroatoms. The van der Waals surface area contributed by atoms with Gasteiger partial charge in [0.15, 0.2) is 5.82 Å². The number of carbonyl (C=O) groups excluding carboxylic acids is 1. The molecule has 2 aromatic rings. The summed E-state index contributed by atoms with van der Waals surface area (Å²) in [6, 6.07) is 11.5. The number of nitrogens with zero attached hydrogens (tertiary/aromatic N) is 1. The number of nitrogens with one attached hydrogen (secondary N) is 1. The predicted molar refractivity (Wildman–Crippen MR) is 97.1 cm³/mol. The Balaban J connectivity index is 1.97. The fraction of sp³-hybridized carbons (Fsp3) is 0.368. The van der Waals surface area contributed by atoms with Crippen LogP contribution in [0.25, 0.3) is 0 Å². The molecule has 1 aromatic heterocycles. The van der Waals surface area contributed by atoms with Crippen LogP contribution in [-0.2, 0) is 16.0 Å². The van der Waals surface area contributed by atoms with E-state index in [1.54, 1.807) is 18.3 Å². The molecule has 0 fully saturated rings. The molecule has 1 atom stereocenters. The van der Waals surface area contributed by atoms with E-state index >= 15 is 0 Å². The number of esters is 1. The molecule has 24 heavy (non-hydrogen) atoms. The highest BCUT2D eigenvalue weighted by atomic mass is 16.6. The van der Waals surface area contributed by atoms with E-state index in [0.717, 1.165) is 11.3 Å². The lowest BCUT2D eigenvalue weighted by molar-refractivity contribution is -0.159. The lowest BCUT2D eigenvalue weighted by Crippen LogP contribution is -2.28. The average Bonchev–Trinajstić information content (AvgIpc) is 2.50. The van der Waals surface area contributed by atoms with Crippen molar-refractivity contribution in [2.24, 2.45) is 5.92 Å². The van der Waals surface area contributed by atoms with E-state index in [4.69, 9.17) is 10.5 Å². The topological polar surface area (TPSA) is 77.2 Å². The molecule has 2 rings (SSSR count). The number of rotatable bonds is 5. The first-order valence-electron chi connectivity index (χ1n) is 8.04. The van der Waals surface area contributed by atoms with Gasteiger partial charge in [-0.15, -0.1) is 0 Å². The Hall–Kier alpha value is -2.56. The number of pyridine rings is 1. The number of ether oxygens (including phenoxy) is 1. The van der Waals surface area contributed by atoms with Crippen molar-refractivity contribution in [1.29, 1.82) is 0 Å². The molecule has 0 unspecified atom stereocenters. The first kappa shape index (κ1) is 17.8. The minimum atomic E-state index is -0.457. The summed E-state index contributed by atoms with van der Waals surface area (Å²) in [5.74, 6) is 0.271.